The number of hydrogen-bond donors (Lipinski definition) is 1. The van der Waals surface area contributed by atoms with E-state index in [0.717, 1.165) is 10.0 Å². The highest BCUT2D eigenvalue weighted by molar-refractivity contribution is 9.25. The van der Waals surface area contributed by atoms with Gasteiger partial charge in [0.25, 0.3) is 5.91 Å². The molecule has 1 N–H and O–H groups in total. The fraction of sp³-hybridized carbons (Fsp3) is 0.143. The van der Waals surface area contributed by atoms with E-state index in [2.05, 4.69) is 58.1 Å². The molecule has 0 atom stereocenters. The van der Waals surface area contributed by atoms with Crippen molar-refractivity contribution >= 4 is 59.5 Å². The molecule has 6 heteroatoms. The van der Waals surface area contributed by atoms with Gasteiger partial charge in [0.15, 0.2) is 3.23 Å². The molecule has 0 fully saturated rings. The maximum Gasteiger partial charge on any atom is 0.258 e. The van der Waals surface area contributed by atoms with Gasteiger partial charge in [0.1, 0.15) is 5.82 Å². The molecule has 0 aliphatic carbocycles. The summed E-state index contributed by atoms with van der Waals surface area (Å²) in [6.07, 6.45) is 1.63. The number of nitrogens with one attached hydrogen (secondary N) is 1. The van der Waals surface area contributed by atoms with Gasteiger partial charge in [-0.15, -0.1) is 0 Å². The molecule has 1 aliphatic rings. The number of carbonyl (C=O) groups excluding carboxylic acids is 1. The standard InChI is InChI=1S/C7H3Br3N2O/c8-3-1-2-11-5-4(3)7(9,10)6(13)12-5/h1-2H,(H,11,12,13). The number of pyridine rings is 1. The lowest BCUT2D eigenvalue weighted by Gasteiger charge is -2.11. The van der Waals surface area contributed by atoms with E-state index in [1.54, 1.807) is 12.3 Å². The molecule has 0 saturated heterocycles. The van der Waals surface area contributed by atoms with Gasteiger partial charge in [-0.1, -0.05) is 47.8 Å². The Kier molecular flexibility index (Phi) is 2.24. The number of amides is 1. The summed E-state index contributed by atoms with van der Waals surface area (Å²) in [5.41, 5.74) is 0.778. The SMILES string of the molecule is O=C1Nc2nccc(Br)c2C1(Br)Br. The first-order chi connectivity index (χ1) is 6.03. The number of rotatable bonds is 0. The number of hydrogen-bond acceptors (Lipinski definition) is 2. The molecule has 1 aromatic heterocycles. The van der Waals surface area contributed by atoms with E-state index in [-0.39, 0.29) is 5.91 Å². The first kappa shape index (κ1) is 9.61. The highest BCUT2D eigenvalue weighted by Crippen LogP contribution is 2.49. The molecule has 0 bridgehead atoms. The summed E-state index contributed by atoms with van der Waals surface area (Å²) in [4.78, 5) is 15.5. The quantitative estimate of drug-likeness (QED) is 0.713. The Labute approximate surface area is 99.7 Å². The Hall–Kier alpha value is 0.0600. The van der Waals surface area contributed by atoms with Crippen LogP contribution in [0.1, 0.15) is 5.56 Å². The number of aromatic nitrogens is 1. The fourth-order valence-corrected chi connectivity index (χ4v) is 3.27. The number of fused-ring (bicyclic) bond motifs is 1. The molecule has 3 nitrogen and oxygen atoms in total. The molecule has 0 spiro atoms. The van der Waals surface area contributed by atoms with E-state index in [4.69, 9.17) is 0 Å². The maximum atomic E-state index is 11.4. The van der Waals surface area contributed by atoms with Gasteiger partial charge in [-0.2, -0.15) is 0 Å². The minimum Gasteiger partial charge on any atom is -0.308 e. The molecule has 0 saturated carbocycles. The summed E-state index contributed by atoms with van der Waals surface area (Å²) in [6, 6.07) is 1.79. The second kappa shape index (κ2) is 3.03. The van der Waals surface area contributed by atoms with Gasteiger partial charge in [0.05, 0.1) is 0 Å². The lowest BCUT2D eigenvalue weighted by molar-refractivity contribution is -0.115. The number of anilines is 1. The highest BCUT2D eigenvalue weighted by Gasteiger charge is 2.44. The van der Waals surface area contributed by atoms with Crippen molar-refractivity contribution in [3.05, 3.63) is 22.3 Å². The average molecular weight is 371 g/mol. The second-order valence-electron chi connectivity index (χ2n) is 2.54. The third-order valence-corrected chi connectivity index (χ3v) is 3.91. The summed E-state index contributed by atoms with van der Waals surface area (Å²) < 4.78 is -0.0211. The number of nitrogens with zero attached hydrogens (tertiary/aromatic N) is 1. The normalized spacial score (nSPS) is 18.2. The zero-order valence-electron chi connectivity index (χ0n) is 6.14. The third-order valence-electron chi connectivity index (χ3n) is 1.73. The van der Waals surface area contributed by atoms with Crippen molar-refractivity contribution in [3.63, 3.8) is 0 Å². The van der Waals surface area contributed by atoms with Gasteiger partial charge < -0.3 is 5.32 Å². The first-order valence-electron chi connectivity index (χ1n) is 3.37. The molecule has 1 aliphatic heterocycles. The zero-order valence-corrected chi connectivity index (χ0v) is 10.9. The molecule has 0 aromatic carbocycles. The van der Waals surface area contributed by atoms with Crippen LogP contribution in [0.15, 0.2) is 16.7 Å². The van der Waals surface area contributed by atoms with Crippen molar-refractivity contribution in [3.8, 4) is 0 Å². The summed E-state index contributed by atoms with van der Waals surface area (Å²) in [5, 5.41) is 2.65. The molecule has 1 amide bonds. The molecular formula is C7H3Br3N2O. The molecule has 0 radical (unpaired) electrons. The average Bonchev–Trinajstić information content (AvgIpc) is 2.24. The molecule has 2 rings (SSSR count). The van der Waals surface area contributed by atoms with E-state index < -0.39 is 3.23 Å². The van der Waals surface area contributed by atoms with Crippen LogP contribution in [-0.4, -0.2) is 10.9 Å². The van der Waals surface area contributed by atoms with E-state index in [9.17, 15) is 4.79 Å². The second-order valence-corrected chi connectivity index (χ2v) is 6.84. The molecule has 1 aromatic rings. The van der Waals surface area contributed by atoms with Crippen molar-refractivity contribution in [2.75, 3.05) is 5.32 Å². The maximum absolute atomic E-state index is 11.4. The van der Waals surface area contributed by atoms with Crippen LogP contribution < -0.4 is 5.32 Å². The van der Waals surface area contributed by atoms with Gasteiger partial charge in [0, 0.05) is 16.2 Å². The first-order valence-corrected chi connectivity index (χ1v) is 5.75. The zero-order chi connectivity index (χ0) is 9.64. The van der Waals surface area contributed by atoms with E-state index in [1.807, 2.05) is 0 Å². The van der Waals surface area contributed by atoms with Gasteiger partial charge in [-0.25, -0.2) is 4.98 Å². The highest BCUT2D eigenvalue weighted by atomic mass is 79.9. The van der Waals surface area contributed by atoms with E-state index in [1.165, 1.54) is 0 Å². The van der Waals surface area contributed by atoms with Crippen molar-refractivity contribution in [1.82, 2.24) is 4.98 Å². The van der Waals surface area contributed by atoms with Gasteiger partial charge in [-0.3, -0.25) is 4.79 Å². The van der Waals surface area contributed by atoms with Crippen molar-refractivity contribution in [2.45, 2.75) is 3.23 Å². The van der Waals surface area contributed by atoms with Crippen LogP contribution in [0.25, 0.3) is 0 Å². The molecule has 68 valence electrons. The molecule has 2 heterocycles. The monoisotopic (exact) mass is 368 g/mol. The molecular weight excluding hydrogens is 368 g/mol. The lowest BCUT2D eigenvalue weighted by atomic mass is 10.2. The van der Waals surface area contributed by atoms with Gasteiger partial charge >= 0.3 is 0 Å². The van der Waals surface area contributed by atoms with Gasteiger partial charge in [-0.05, 0) is 6.07 Å². The van der Waals surface area contributed by atoms with Crippen molar-refractivity contribution < 1.29 is 4.79 Å². The van der Waals surface area contributed by atoms with Crippen LogP contribution in [-0.2, 0) is 8.03 Å². The molecule has 13 heavy (non-hydrogen) atoms. The lowest BCUT2D eigenvalue weighted by Crippen LogP contribution is -2.20. The summed E-state index contributed by atoms with van der Waals surface area (Å²) >= 11 is 9.94. The van der Waals surface area contributed by atoms with Crippen molar-refractivity contribution in [1.29, 1.82) is 0 Å². The predicted octanol–water partition coefficient (Wildman–Crippen LogP) is 2.74. The Morgan fingerprint density at radius 2 is 2.15 bits per heavy atom. The Bertz CT molecular complexity index is 391. The van der Waals surface area contributed by atoms with Crippen LogP contribution in [0.5, 0.6) is 0 Å². The van der Waals surface area contributed by atoms with Crippen LogP contribution >= 0.6 is 47.8 Å². The fourth-order valence-electron chi connectivity index (χ4n) is 1.13. The summed E-state index contributed by atoms with van der Waals surface area (Å²) in [5.74, 6) is 0.412. The van der Waals surface area contributed by atoms with Crippen LogP contribution in [0.4, 0.5) is 5.82 Å². The minimum atomic E-state index is -0.859. The Balaban J connectivity index is 2.70. The Morgan fingerprint density at radius 3 is 2.77 bits per heavy atom. The Morgan fingerprint density at radius 1 is 1.46 bits per heavy atom. The van der Waals surface area contributed by atoms with E-state index in [0.29, 0.717) is 5.82 Å². The largest absolute Gasteiger partial charge is 0.308 e. The van der Waals surface area contributed by atoms with Crippen LogP contribution in [0.2, 0.25) is 0 Å². The predicted molar refractivity (Wildman–Crippen MR) is 60.1 cm³/mol. The van der Waals surface area contributed by atoms with Crippen molar-refractivity contribution in [2.24, 2.45) is 0 Å². The third kappa shape index (κ3) is 1.35. The summed E-state index contributed by atoms with van der Waals surface area (Å²) in [7, 11) is 0. The van der Waals surface area contributed by atoms with Crippen LogP contribution in [0.3, 0.4) is 0 Å². The number of alkyl halides is 2. The van der Waals surface area contributed by atoms with Gasteiger partial charge in [0.2, 0.25) is 0 Å². The topological polar surface area (TPSA) is 42.0 Å². The number of carbonyl (C=O) groups is 1. The van der Waals surface area contributed by atoms with Crippen LogP contribution in [0, 0.1) is 0 Å². The smallest absolute Gasteiger partial charge is 0.258 e. The van der Waals surface area contributed by atoms with E-state index >= 15 is 0 Å². The molecule has 0 unspecified atom stereocenters. The minimum absolute atomic E-state index is 0.165. The number of halogens is 3. The summed E-state index contributed by atoms with van der Waals surface area (Å²) in [6.45, 7) is 0.